The number of fused-ring (bicyclic) bond motifs is 1. The second-order valence-electron chi connectivity index (χ2n) is 8.00. The summed E-state index contributed by atoms with van der Waals surface area (Å²) in [6, 6.07) is 10.4. The van der Waals surface area contributed by atoms with E-state index in [2.05, 4.69) is 5.32 Å². The van der Waals surface area contributed by atoms with Gasteiger partial charge in [-0.2, -0.15) is 0 Å². The Kier molecular flexibility index (Phi) is 6.29. The zero-order valence-corrected chi connectivity index (χ0v) is 17.9. The monoisotopic (exact) mass is 427 g/mol. The maximum atomic E-state index is 13.0. The molecule has 1 aliphatic heterocycles. The van der Waals surface area contributed by atoms with Crippen molar-refractivity contribution >= 4 is 35.8 Å². The van der Waals surface area contributed by atoms with Gasteiger partial charge in [0.1, 0.15) is 0 Å². The van der Waals surface area contributed by atoms with Gasteiger partial charge in [-0.15, -0.1) is 12.4 Å². The topological polar surface area (TPSA) is 92.5 Å². The first-order chi connectivity index (χ1) is 13.9. The normalized spacial score (nSPS) is 20.2. The smallest absolute Gasteiger partial charge is 0.266 e. The summed E-state index contributed by atoms with van der Waals surface area (Å²) in [7, 11) is 0. The number of hydrogen-bond donors (Lipinski definition) is 2. The van der Waals surface area contributed by atoms with Crippen LogP contribution in [-0.4, -0.2) is 30.3 Å². The second kappa shape index (κ2) is 8.58. The first-order valence-corrected chi connectivity index (χ1v) is 10.0. The lowest BCUT2D eigenvalue weighted by Crippen LogP contribution is -2.39. The SMILES string of the molecule is Cc1ccc(C)c(N2C(=O)c3ccc(C(=O)NC4CCCC4CN)cc3C2=O)c1.Cl. The predicted octanol–water partition coefficient (Wildman–Crippen LogP) is 3.38. The lowest BCUT2D eigenvalue weighted by molar-refractivity contribution is 0.0918. The molecule has 6 nitrogen and oxygen atoms in total. The Labute approximate surface area is 182 Å². The third-order valence-corrected chi connectivity index (χ3v) is 6.03. The van der Waals surface area contributed by atoms with Crippen LogP contribution < -0.4 is 16.0 Å². The number of imide groups is 1. The summed E-state index contributed by atoms with van der Waals surface area (Å²) in [5.74, 6) is -0.696. The maximum Gasteiger partial charge on any atom is 0.266 e. The fraction of sp³-hybridized carbons (Fsp3) is 0.348. The van der Waals surface area contributed by atoms with E-state index in [4.69, 9.17) is 5.73 Å². The van der Waals surface area contributed by atoms with Crippen molar-refractivity contribution in [2.24, 2.45) is 11.7 Å². The number of carbonyl (C=O) groups is 3. The molecule has 0 saturated heterocycles. The molecule has 2 aliphatic rings. The molecule has 158 valence electrons. The van der Waals surface area contributed by atoms with E-state index in [1.807, 2.05) is 32.0 Å². The molecule has 0 aromatic heterocycles. The van der Waals surface area contributed by atoms with E-state index in [0.29, 0.717) is 23.4 Å². The summed E-state index contributed by atoms with van der Waals surface area (Å²) in [6.45, 7) is 4.33. The van der Waals surface area contributed by atoms with Crippen LogP contribution in [0.3, 0.4) is 0 Å². The molecular weight excluding hydrogens is 402 g/mol. The average molecular weight is 428 g/mol. The average Bonchev–Trinajstić information content (AvgIpc) is 3.26. The molecule has 1 aliphatic carbocycles. The van der Waals surface area contributed by atoms with Crippen molar-refractivity contribution in [3.63, 3.8) is 0 Å². The Morgan fingerprint density at radius 2 is 1.80 bits per heavy atom. The Balaban J connectivity index is 0.00000256. The third kappa shape index (κ3) is 3.73. The molecule has 2 aromatic carbocycles. The van der Waals surface area contributed by atoms with Gasteiger partial charge in [0.15, 0.2) is 0 Å². The van der Waals surface area contributed by atoms with Crippen molar-refractivity contribution < 1.29 is 14.4 Å². The molecule has 0 spiro atoms. The fourth-order valence-corrected chi connectivity index (χ4v) is 4.32. The lowest BCUT2D eigenvalue weighted by Gasteiger charge is -2.19. The summed E-state index contributed by atoms with van der Waals surface area (Å²) >= 11 is 0. The number of amides is 3. The molecule has 30 heavy (non-hydrogen) atoms. The van der Waals surface area contributed by atoms with Gasteiger partial charge < -0.3 is 11.1 Å². The first kappa shape index (κ1) is 22.0. The highest BCUT2D eigenvalue weighted by molar-refractivity contribution is 6.35. The number of aryl methyl sites for hydroxylation is 2. The minimum Gasteiger partial charge on any atom is -0.349 e. The molecule has 0 radical (unpaired) electrons. The van der Waals surface area contributed by atoms with Crippen LogP contribution in [-0.2, 0) is 0 Å². The molecule has 1 heterocycles. The summed E-state index contributed by atoms with van der Waals surface area (Å²) < 4.78 is 0. The summed E-state index contributed by atoms with van der Waals surface area (Å²) in [5, 5.41) is 3.04. The molecule has 4 rings (SSSR count). The van der Waals surface area contributed by atoms with Crippen LogP contribution >= 0.6 is 12.4 Å². The summed E-state index contributed by atoms with van der Waals surface area (Å²) in [6.07, 6.45) is 2.98. The number of carbonyl (C=O) groups excluding carboxylic acids is 3. The van der Waals surface area contributed by atoms with Gasteiger partial charge in [0.05, 0.1) is 16.8 Å². The number of rotatable bonds is 4. The van der Waals surface area contributed by atoms with Crippen LogP contribution in [0.2, 0.25) is 0 Å². The number of halogens is 1. The number of benzene rings is 2. The number of hydrogen-bond acceptors (Lipinski definition) is 4. The van der Waals surface area contributed by atoms with Crippen LogP contribution in [0.25, 0.3) is 0 Å². The number of anilines is 1. The molecule has 1 saturated carbocycles. The molecule has 0 bridgehead atoms. The highest BCUT2D eigenvalue weighted by atomic mass is 35.5. The molecule has 2 aromatic rings. The van der Waals surface area contributed by atoms with Gasteiger partial charge in [0, 0.05) is 11.6 Å². The zero-order valence-electron chi connectivity index (χ0n) is 17.1. The van der Waals surface area contributed by atoms with Crippen molar-refractivity contribution in [2.45, 2.75) is 39.2 Å². The Hall–Kier alpha value is -2.70. The molecule has 7 heteroatoms. The van der Waals surface area contributed by atoms with E-state index in [1.165, 1.54) is 11.0 Å². The minimum absolute atomic E-state index is 0. The molecule has 3 amide bonds. The number of nitrogens with one attached hydrogen (secondary N) is 1. The highest BCUT2D eigenvalue weighted by Gasteiger charge is 2.38. The van der Waals surface area contributed by atoms with Gasteiger partial charge in [-0.05, 0) is 74.5 Å². The quantitative estimate of drug-likeness (QED) is 0.731. The van der Waals surface area contributed by atoms with Crippen LogP contribution in [0, 0.1) is 19.8 Å². The van der Waals surface area contributed by atoms with Gasteiger partial charge in [-0.1, -0.05) is 18.6 Å². The maximum absolute atomic E-state index is 13.0. The Morgan fingerprint density at radius 3 is 2.53 bits per heavy atom. The van der Waals surface area contributed by atoms with Gasteiger partial charge in [0.2, 0.25) is 0 Å². The van der Waals surface area contributed by atoms with Gasteiger partial charge in [-0.3, -0.25) is 14.4 Å². The molecule has 3 N–H and O–H groups in total. The third-order valence-electron chi connectivity index (χ3n) is 6.03. The van der Waals surface area contributed by atoms with Gasteiger partial charge >= 0.3 is 0 Å². The number of nitrogens with zero attached hydrogens (tertiary/aromatic N) is 1. The number of nitrogens with two attached hydrogens (primary N) is 1. The van der Waals surface area contributed by atoms with E-state index >= 15 is 0 Å². The van der Waals surface area contributed by atoms with Crippen LogP contribution in [0.15, 0.2) is 36.4 Å². The van der Waals surface area contributed by atoms with Crippen molar-refractivity contribution in [3.05, 3.63) is 64.2 Å². The van der Waals surface area contributed by atoms with Crippen molar-refractivity contribution in [2.75, 3.05) is 11.4 Å². The Morgan fingerprint density at radius 1 is 1.07 bits per heavy atom. The molecular formula is C23H26ClN3O3. The largest absolute Gasteiger partial charge is 0.349 e. The fourth-order valence-electron chi connectivity index (χ4n) is 4.32. The van der Waals surface area contributed by atoms with Crippen molar-refractivity contribution in [1.29, 1.82) is 0 Å². The minimum atomic E-state index is -0.394. The molecule has 2 atom stereocenters. The van der Waals surface area contributed by atoms with E-state index in [0.717, 1.165) is 30.4 Å². The van der Waals surface area contributed by atoms with Crippen LogP contribution in [0.1, 0.15) is 61.5 Å². The predicted molar refractivity (Wildman–Crippen MR) is 118 cm³/mol. The second-order valence-corrected chi connectivity index (χ2v) is 8.00. The van der Waals surface area contributed by atoms with Crippen LogP contribution in [0.4, 0.5) is 5.69 Å². The van der Waals surface area contributed by atoms with Crippen molar-refractivity contribution in [1.82, 2.24) is 5.32 Å². The van der Waals surface area contributed by atoms with E-state index in [9.17, 15) is 14.4 Å². The summed E-state index contributed by atoms with van der Waals surface area (Å²) in [4.78, 5) is 39.9. The van der Waals surface area contributed by atoms with Crippen LogP contribution in [0.5, 0.6) is 0 Å². The lowest BCUT2D eigenvalue weighted by atomic mass is 10.0. The Bertz CT molecular complexity index is 1020. The zero-order chi connectivity index (χ0) is 20.7. The molecule has 1 fully saturated rings. The standard InChI is InChI=1S/C23H25N3O3.ClH/c1-13-6-7-14(2)20(10-13)26-22(28)17-9-8-15(11-18(17)23(26)29)21(27)25-19-5-3-4-16(19)12-24;/h6-11,16,19H,3-5,12,24H2,1-2H3,(H,25,27);1H. The van der Waals surface area contributed by atoms with Crippen molar-refractivity contribution in [3.8, 4) is 0 Å². The highest BCUT2D eigenvalue weighted by Crippen LogP contribution is 2.32. The van der Waals surface area contributed by atoms with Gasteiger partial charge in [0.25, 0.3) is 17.7 Å². The summed E-state index contributed by atoms with van der Waals surface area (Å²) in [5.41, 5.74) is 9.17. The molecule has 2 unspecified atom stereocenters. The van der Waals surface area contributed by atoms with E-state index in [1.54, 1.807) is 12.1 Å². The van der Waals surface area contributed by atoms with Gasteiger partial charge in [-0.25, -0.2) is 4.90 Å². The first-order valence-electron chi connectivity index (χ1n) is 10.0. The van der Waals surface area contributed by atoms with E-state index < -0.39 is 5.91 Å². The van der Waals surface area contributed by atoms with E-state index in [-0.39, 0.29) is 41.7 Å².